The van der Waals surface area contributed by atoms with Crippen molar-refractivity contribution in [2.75, 3.05) is 46.2 Å². The van der Waals surface area contributed by atoms with Crippen LogP contribution < -0.4 is 0 Å². The first-order valence-corrected chi connectivity index (χ1v) is 9.34. The monoisotopic (exact) mass is 384 g/mol. The average Bonchev–Trinajstić information content (AvgIpc) is 2.53. The topological polar surface area (TPSA) is 120 Å². The first-order valence-electron chi connectivity index (χ1n) is 9.34. The minimum absolute atomic E-state index is 0.0451. The van der Waals surface area contributed by atoms with Crippen molar-refractivity contribution in [2.45, 2.75) is 72.5 Å². The molecule has 7 nitrogen and oxygen atoms in total. The Labute approximate surface area is 160 Å². The van der Waals surface area contributed by atoms with Gasteiger partial charge in [-0.25, -0.2) is 0 Å². The van der Waals surface area contributed by atoms with E-state index in [1.54, 1.807) is 34.6 Å². The van der Waals surface area contributed by atoms with Gasteiger partial charge in [0.2, 0.25) is 0 Å². The van der Waals surface area contributed by atoms with E-state index in [4.69, 9.17) is 35.0 Å². The van der Waals surface area contributed by atoms with Gasteiger partial charge in [0.25, 0.3) is 0 Å². The van der Waals surface area contributed by atoms with Crippen molar-refractivity contribution < 1.29 is 35.0 Å². The average molecular weight is 385 g/mol. The predicted molar refractivity (Wildman–Crippen MR) is 104 cm³/mol. The van der Waals surface area contributed by atoms with Gasteiger partial charge in [0.15, 0.2) is 0 Å². The Balaban J connectivity index is -0.000000315. The fourth-order valence-corrected chi connectivity index (χ4v) is 1.41. The minimum atomic E-state index is -0.728. The Morgan fingerprint density at radius 1 is 0.846 bits per heavy atom. The molecule has 0 heterocycles. The molecular formula is C19H44O7. The largest absolute Gasteiger partial charge is 0.396 e. The molecule has 0 aliphatic carbocycles. The number of rotatable bonds is 12. The van der Waals surface area contributed by atoms with Gasteiger partial charge in [-0.05, 0) is 27.2 Å². The molecule has 5 N–H and O–H groups in total. The highest BCUT2D eigenvalue weighted by molar-refractivity contribution is 4.67. The molecule has 0 rings (SSSR count). The highest BCUT2D eigenvalue weighted by atomic mass is 16.5. The van der Waals surface area contributed by atoms with Gasteiger partial charge in [-0.1, -0.05) is 27.2 Å². The quantitative estimate of drug-likeness (QED) is 0.322. The fraction of sp³-hybridized carbons (Fsp3) is 1.00. The van der Waals surface area contributed by atoms with Gasteiger partial charge >= 0.3 is 0 Å². The highest BCUT2D eigenvalue weighted by Crippen LogP contribution is 2.10. The normalized spacial score (nSPS) is 12.6. The third-order valence-corrected chi connectivity index (χ3v) is 2.90. The van der Waals surface area contributed by atoms with Crippen LogP contribution in [0.5, 0.6) is 0 Å². The molecule has 0 aromatic heterocycles. The molecular weight excluding hydrogens is 340 g/mol. The van der Waals surface area contributed by atoms with E-state index in [0.29, 0.717) is 26.2 Å². The lowest BCUT2D eigenvalue weighted by atomic mass is 9.97. The standard InChI is InChI=1S/C8H18O3.C6H14O2.C5H12O2/c1-2-3-5-10-7-8-11-6-4-9;1-5(7)4-6(2,3)8;1-5(2,3-6)4-7/h9H,2-8H2,1H3;5,7-8H,4H2,1-3H3;6-7H,3-4H2,1-2H3. The van der Waals surface area contributed by atoms with Gasteiger partial charge < -0.3 is 35.0 Å². The third kappa shape index (κ3) is 34.9. The Bertz CT molecular complexity index is 249. The van der Waals surface area contributed by atoms with Crippen LogP contribution in [-0.2, 0) is 9.47 Å². The Hall–Kier alpha value is -0.280. The van der Waals surface area contributed by atoms with E-state index in [9.17, 15) is 0 Å². The SMILES string of the molecule is CC(C)(CO)CO.CC(O)CC(C)(C)O.CCCCOCCOCCO. The number of aliphatic hydroxyl groups excluding tert-OH is 4. The van der Waals surface area contributed by atoms with Crippen LogP contribution in [0.1, 0.15) is 60.8 Å². The predicted octanol–water partition coefficient (Wildman–Crippen LogP) is 1.34. The van der Waals surface area contributed by atoms with Gasteiger partial charge in [-0.15, -0.1) is 0 Å². The second-order valence-electron chi connectivity index (χ2n) is 7.65. The molecule has 0 aromatic rings. The molecule has 0 aromatic carbocycles. The summed E-state index contributed by atoms with van der Waals surface area (Å²) in [5.74, 6) is 0. The fourth-order valence-electron chi connectivity index (χ4n) is 1.41. The van der Waals surface area contributed by atoms with Crippen LogP contribution in [0, 0.1) is 5.41 Å². The van der Waals surface area contributed by atoms with Crippen LogP contribution in [-0.4, -0.2) is 83.5 Å². The summed E-state index contributed by atoms with van der Waals surface area (Å²) in [5.41, 5.74) is -1.03. The maximum absolute atomic E-state index is 9.03. The molecule has 0 aliphatic rings. The van der Waals surface area contributed by atoms with Gasteiger partial charge in [0.05, 0.1) is 51.3 Å². The second-order valence-corrected chi connectivity index (χ2v) is 7.65. The lowest BCUT2D eigenvalue weighted by Crippen LogP contribution is -2.24. The van der Waals surface area contributed by atoms with E-state index in [1.165, 1.54) is 0 Å². The highest BCUT2D eigenvalue weighted by Gasteiger charge is 2.14. The molecule has 0 spiro atoms. The van der Waals surface area contributed by atoms with Crippen LogP contribution in [0.25, 0.3) is 0 Å². The minimum Gasteiger partial charge on any atom is -0.396 e. The molecule has 7 heteroatoms. The van der Waals surface area contributed by atoms with Gasteiger partial charge in [0, 0.05) is 18.4 Å². The summed E-state index contributed by atoms with van der Waals surface area (Å²) in [5, 5.41) is 43.0. The zero-order valence-electron chi connectivity index (χ0n) is 17.7. The first kappa shape index (κ1) is 30.4. The summed E-state index contributed by atoms with van der Waals surface area (Å²) in [6.45, 7) is 13.4. The van der Waals surface area contributed by atoms with E-state index >= 15 is 0 Å². The molecule has 0 saturated carbocycles. The molecule has 1 atom stereocenters. The lowest BCUT2D eigenvalue weighted by molar-refractivity contribution is 0.0248. The third-order valence-electron chi connectivity index (χ3n) is 2.90. The molecule has 1 unspecified atom stereocenters. The first-order chi connectivity index (χ1) is 12.0. The Morgan fingerprint density at radius 3 is 1.54 bits per heavy atom. The summed E-state index contributed by atoms with van der Waals surface area (Å²) >= 11 is 0. The molecule has 0 fully saturated rings. The van der Waals surface area contributed by atoms with Gasteiger partial charge in [-0.2, -0.15) is 0 Å². The maximum Gasteiger partial charge on any atom is 0.0701 e. The van der Waals surface area contributed by atoms with Crippen molar-refractivity contribution in [1.82, 2.24) is 0 Å². The number of ether oxygens (including phenoxy) is 2. The molecule has 0 saturated heterocycles. The van der Waals surface area contributed by atoms with Crippen LogP contribution in [0.4, 0.5) is 0 Å². The molecule has 0 bridgehead atoms. The number of aliphatic hydroxyl groups is 5. The molecule has 0 radical (unpaired) electrons. The number of unbranched alkanes of at least 4 members (excludes halogenated alkanes) is 1. The van der Waals surface area contributed by atoms with E-state index in [-0.39, 0.29) is 25.2 Å². The zero-order valence-corrected chi connectivity index (χ0v) is 17.7. The Kier molecular flexibility index (Phi) is 22.8. The van der Waals surface area contributed by atoms with Crippen molar-refractivity contribution >= 4 is 0 Å². The van der Waals surface area contributed by atoms with Crippen molar-refractivity contribution in [3.05, 3.63) is 0 Å². The molecule has 26 heavy (non-hydrogen) atoms. The Morgan fingerprint density at radius 2 is 1.31 bits per heavy atom. The van der Waals surface area contributed by atoms with E-state index in [2.05, 4.69) is 6.92 Å². The summed E-state index contributed by atoms with van der Waals surface area (Å²) in [6, 6.07) is 0. The number of hydrogen-bond acceptors (Lipinski definition) is 7. The van der Waals surface area contributed by atoms with Crippen LogP contribution >= 0.6 is 0 Å². The van der Waals surface area contributed by atoms with E-state index in [1.807, 2.05) is 0 Å². The maximum atomic E-state index is 9.03. The van der Waals surface area contributed by atoms with Crippen LogP contribution in [0.15, 0.2) is 0 Å². The van der Waals surface area contributed by atoms with E-state index in [0.717, 1.165) is 19.4 Å². The number of hydrogen-bond donors (Lipinski definition) is 5. The second kappa shape index (κ2) is 19.5. The molecule has 162 valence electrons. The molecule has 0 aliphatic heterocycles. The molecule has 0 amide bonds. The smallest absolute Gasteiger partial charge is 0.0701 e. The van der Waals surface area contributed by atoms with Crippen molar-refractivity contribution in [3.8, 4) is 0 Å². The van der Waals surface area contributed by atoms with Crippen molar-refractivity contribution in [3.63, 3.8) is 0 Å². The van der Waals surface area contributed by atoms with Crippen molar-refractivity contribution in [1.29, 1.82) is 0 Å². The van der Waals surface area contributed by atoms with E-state index < -0.39 is 11.7 Å². The van der Waals surface area contributed by atoms with Crippen LogP contribution in [0.3, 0.4) is 0 Å². The van der Waals surface area contributed by atoms with Gasteiger partial charge in [-0.3, -0.25) is 0 Å². The summed E-state index contributed by atoms with van der Waals surface area (Å²) in [7, 11) is 0. The van der Waals surface area contributed by atoms with Crippen molar-refractivity contribution in [2.24, 2.45) is 5.41 Å². The summed E-state index contributed by atoms with van der Waals surface area (Å²) in [6.07, 6.45) is 2.31. The van der Waals surface area contributed by atoms with Gasteiger partial charge in [0.1, 0.15) is 0 Å². The summed E-state index contributed by atoms with van der Waals surface area (Å²) in [4.78, 5) is 0. The zero-order chi connectivity index (χ0) is 21.1. The van der Waals surface area contributed by atoms with Crippen LogP contribution in [0.2, 0.25) is 0 Å². The summed E-state index contributed by atoms with van der Waals surface area (Å²) < 4.78 is 10.2. The lowest BCUT2D eigenvalue weighted by Gasteiger charge is -2.17.